The average Bonchev–Trinajstić information content (AvgIpc) is 2.87. The van der Waals surface area contributed by atoms with E-state index in [-0.39, 0.29) is 29.6 Å². The molecule has 0 radical (unpaired) electrons. The number of sulfone groups is 1. The lowest BCUT2D eigenvalue weighted by Crippen LogP contribution is -2.42. The summed E-state index contributed by atoms with van der Waals surface area (Å²) in [5.74, 6) is -0.0962. The van der Waals surface area contributed by atoms with Crippen molar-refractivity contribution in [2.45, 2.75) is 31.4 Å². The lowest BCUT2D eigenvalue weighted by atomic mass is 10.0. The molecule has 2 aliphatic rings. The van der Waals surface area contributed by atoms with Gasteiger partial charge in [0.2, 0.25) is 0 Å². The van der Waals surface area contributed by atoms with Gasteiger partial charge in [0.1, 0.15) is 0 Å². The highest BCUT2D eigenvalue weighted by atomic mass is 32.2. The van der Waals surface area contributed by atoms with Gasteiger partial charge < -0.3 is 15.5 Å². The molecular weight excluding hydrogens is 230 g/mol. The molecule has 6 heteroatoms. The van der Waals surface area contributed by atoms with Gasteiger partial charge in [-0.05, 0) is 24.7 Å². The second kappa shape index (κ2) is 4.25. The average molecular weight is 249 g/mol. The van der Waals surface area contributed by atoms with Crippen LogP contribution in [-0.2, 0) is 9.84 Å². The van der Waals surface area contributed by atoms with Crippen molar-refractivity contribution >= 4 is 9.84 Å². The van der Waals surface area contributed by atoms with Gasteiger partial charge in [-0.2, -0.15) is 0 Å². The molecule has 16 heavy (non-hydrogen) atoms. The van der Waals surface area contributed by atoms with Gasteiger partial charge in [0, 0.05) is 19.2 Å². The summed E-state index contributed by atoms with van der Waals surface area (Å²) in [5.41, 5.74) is 0.154. The maximum atomic E-state index is 11.3. The minimum atomic E-state index is -3.07. The third-order valence-corrected chi connectivity index (χ3v) is 5.38. The molecule has 1 saturated heterocycles. The van der Waals surface area contributed by atoms with Gasteiger partial charge >= 0.3 is 0 Å². The Kier molecular flexibility index (Phi) is 3.27. The molecule has 2 fully saturated rings. The minimum absolute atomic E-state index is 0.0311. The van der Waals surface area contributed by atoms with Crippen LogP contribution in [0.15, 0.2) is 0 Å². The number of hydrogen-bond donors (Lipinski definition) is 3. The summed E-state index contributed by atoms with van der Waals surface area (Å²) in [4.78, 5) is 0. The Labute approximate surface area is 95.8 Å². The summed E-state index contributed by atoms with van der Waals surface area (Å²) in [6.45, 7) is 0.873. The maximum Gasteiger partial charge on any atom is 0.154 e. The van der Waals surface area contributed by atoms with Crippen LogP contribution in [0.1, 0.15) is 19.3 Å². The summed E-state index contributed by atoms with van der Waals surface area (Å²) >= 11 is 0. The Morgan fingerprint density at radius 3 is 2.44 bits per heavy atom. The van der Waals surface area contributed by atoms with Crippen molar-refractivity contribution in [2.75, 3.05) is 24.7 Å². The molecule has 2 rings (SSSR count). The van der Waals surface area contributed by atoms with Gasteiger partial charge in [-0.3, -0.25) is 0 Å². The zero-order valence-electron chi connectivity index (χ0n) is 9.22. The first-order valence-electron chi connectivity index (χ1n) is 5.69. The summed E-state index contributed by atoms with van der Waals surface area (Å²) in [6, 6.07) is -0.332. The number of aliphatic hydroxyl groups excluding tert-OH is 2. The van der Waals surface area contributed by atoms with Crippen molar-refractivity contribution in [3.05, 3.63) is 0 Å². The van der Waals surface area contributed by atoms with Crippen molar-refractivity contribution in [2.24, 2.45) is 5.41 Å². The zero-order valence-corrected chi connectivity index (χ0v) is 10.0. The molecule has 1 heterocycles. The zero-order chi connectivity index (χ0) is 11.8. The van der Waals surface area contributed by atoms with E-state index >= 15 is 0 Å². The summed E-state index contributed by atoms with van der Waals surface area (Å²) in [6.07, 6.45) is 2.14. The standard InChI is InChI=1S/C10H19NO4S/c12-4-3-10(1-2-10)7-11-8-5-16(14,15)6-9(8)13/h8-9,11-13H,1-7H2. The van der Waals surface area contributed by atoms with E-state index < -0.39 is 15.9 Å². The van der Waals surface area contributed by atoms with E-state index in [1.165, 1.54) is 0 Å². The molecule has 0 aromatic carbocycles. The quantitative estimate of drug-likeness (QED) is 0.575. The topological polar surface area (TPSA) is 86.6 Å². The molecule has 0 aromatic rings. The summed E-state index contributed by atoms with van der Waals surface area (Å²) < 4.78 is 22.6. The Morgan fingerprint density at radius 1 is 1.31 bits per heavy atom. The fourth-order valence-electron chi connectivity index (χ4n) is 2.30. The fraction of sp³-hybridized carbons (Fsp3) is 1.00. The molecule has 3 N–H and O–H groups in total. The number of nitrogens with one attached hydrogen (secondary N) is 1. The van der Waals surface area contributed by atoms with Gasteiger partial charge in [0.15, 0.2) is 9.84 Å². The van der Waals surface area contributed by atoms with E-state index in [9.17, 15) is 13.5 Å². The third kappa shape index (κ3) is 2.74. The molecule has 2 atom stereocenters. The first kappa shape index (κ1) is 12.3. The van der Waals surface area contributed by atoms with Gasteiger partial charge in [0.25, 0.3) is 0 Å². The number of aliphatic hydroxyl groups is 2. The summed E-state index contributed by atoms with van der Waals surface area (Å²) in [5, 5.41) is 21.6. The molecule has 1 aliphatic carbocycles. The van der Waals surface area contributed by atoms with Gasteiger partial charge in [-0.15, -0.1) is 0 Å². The Hall–Kier alpha value is -0.170. The molecule has 0 amide bonds. The van der Waals surface area contributed by atoms with Crippen LogP contribution in [0.3, 0.4) is 0 Å². The van der Waals surface area contributed by atoms with Crippen LogP contribution in [0, 0.1) is 5.41 Å². The van der Waals surface area contributed by atoms with Crippen molar-refractivity contribution in [1.82, 2.24) is 5.32 Å². The van der Waals surface area contributed by atoms with Crippen LogP contribution in [-0.4, -0.2) is 55.4 Å². The molecule has 5 nitrogen and oxygen atoms in total. The van der Waals surface area contributed by atoms with Crippen molar-refractivity contribution in [1.29, 1.82) is 0 Å². The largest absolute Gasteiger partial charge is 0.396 e. The Bertz CT molecular complexity index is 350. The first-order chi connectivity index (χ1) is 7.46. The predicted molar refractivity (Wildman–Crippen MR) is 59.8 cm³/mol. The maximum absolute atomic E-state index is 11.3. The van der Waals surface area contributed by atoms with E-state index in [1.54, 1.807) is 0 Å². The van der Waals surface area contributed by atoms with Crippen molar-refractivity contribution < 1.29 is 18.6 Å². The fourth-order valence-corrected chi connectivity index (χ4v) is 4.08. The Balaban J connectivity index is 1.83. The van der Waals surface area contributed by atoms with Gasteiger partial charge in [0.05, 0.1) is 17.6 Å². The van der Waals surface area contributed by atoms with Crippen LogP contribution < -0.4 is 5.32 Å². The molecule has 1 saturated carbocycles. The molecule has 2 unspecified atom stereocenters. The highest BCUT2D eigenvalue weighted by molar-refractivity contribution is 7.91. The molecule has 94 valence electrons. The number of hydrogen-bond acceptors (Lipinski definition) is 5. The van der Waals surface area contributed by atoms with E-state index in [1.807, 2.05) is 0 Å². The predicted octanol–water partition coefficient (Wildman–Crippen LogP) is -1.10. The van der Waals surface area contributed by atoms with Crippen LogP contribution in [0.5, 0.6) is 0 Å². The van der Waals surface area contributed by atoms with Gasteiger partial charge in [-0.1, -0.05) is 0 Å². The molecule has 1 aliphatic heterocycles. The second-order valence-corrected chi connectivity index (χ2v) is 7.26. The number of rotatable bonds is 5. The van der Waals surface area contributed by atoms with Crippen molar-refractivity contribution in [3.8, 4) is 0 Å². The van der Waals surface area contributed by atoms with Crippen molar-refractivity contribution in [3.63, 3.8) is 0 Å². The van der Waals surface area contributed by atoms with Crippen LogP contribution in [0.2, 0.25) is 0 Å². The molecular formula is C10H19NO4S. The van der Waals surface area contributed by atoms with E-state index in [0.29, 0.717) is 6.54 Å². The molecule has 0 bridgehead atoms. The molecule has 0 aromatic heterocycles. The van der Waals surface area contributed by atoms with Crippen LogP contribution in [0.4, 0.5) is 0 Å². The van der Waals surface area contributed by atoms with E-state index in [2.05, 4.69) is 5.32 Å². The highest BCUT2D eigenvalue weighted by Gasteiger charge is 2.44. The molecule has 0 spiro atoms. The second-order valence-electron chi connectivity index (χ2n) is 5.11. The van der Waals surface area contributed by atoms with Gasteiger partial charge in [-0.25, -0.2) is 8.42 Å². The normalized spacial score (nSPS) is 35.1. The van der Waals surface area contributed by atoms with Crippen LogP contribution >= 0.6 is 0 Å². The van der Waals surface area contributed by atoms with E-state index in [0.717, 1.165) is 19.3 Å². The minimum Gasteiger partial charge on any atom is -0.396 e. The third-order valence-electron chi connectivity index (χ3n) is 3.66. The SMILES string of the molecule is O=S1(=O)CC(O)C(NCC2(CCO)CC2)C1. The smallest absolute Gasteiger partial charge is 0.154 e. The lowest BCUT2D eigenvalue weighted by molar-refractivity contribution is 0.159. The Morgan fingerprint density at radius 2 is 2.00 bits per heavy atom. The van der Waals surface area contributed by atoms with E-state index in [4.69, 9.17) is 5.11 Å². The first-order valence-corrected chi connectivity index (χ1v) is 7.51. The highest BCUT2D eigenvalue weighted by Crippen LogP contribution is 2.48. The summed E-state index contributed by atoms with van der Waals surface area (Å²) in [7, 11) is -3.07. The monoisotopic (exact) mass is 249 g/mol. The van der Waals surface area contributed by atoms with Crippen LogP contribution in [0.25, 0.3) is 0 Å². The lowest BCUT2D eigenvalue weighted by Gasteiger charge is -2.20.